The minimum atomic E-state index is -1.18. The van der Waals surface area contributed by atoms with Gasteiger partial charge in [0.25, 0.3) is 0 Å². The van der Waals surface area contributed by atoms with Crippen LogP contribution < -0.4 is 0 Å². The van der Waals surface area contributed by atoms with Crippen LogP contribution in [0, 0.1) is 11.3 Å². The molecule has 2 rings (SSSR count). The summed E-state index contributed by atoms with van der Waals surface area (Å²) >= 11 is 0. The lowest BCUT2D eigenvalue weighted by Gasteiger charge is -2.37. The van der Waals surface area contributed by atoms with Gasteiger partial charge in [0.2, 0.25) is 0 Å². The summed E-state index contributed by atoms with van der Waals surface area (Å²) in [5, 5.41) is 18.0. The van der Waals surface area contributed by atoms with Crippen LogP contribution in [0.5, 0.6) is 0 Å². The van der Waals surface area contributed by atoms with E-state index in [1.165, 1.54) is 0 Å². The third-order valence-corrected chi connectivity index (χ3v) is 3.87. The number of piperidine rings is 1. The zero-order valence-electron chi connectivity index (χ0n) is 12.5. The molecule has 2 bridgehead atoms. The number of hydrogen-bond donors (Lipinski definition) is 1. The number of rotatable bonds is 1. The van der Waals surface area contributed by atoms with Gasteiger partial charge in [-0.2, -0.15) is 5.26 Å². The summed E-state index contributed by atoms with van der Waals surface area (Å²) in [6.45, 7) is 5.46. The fourth-order valence-electron chi connectivity index (χ4n) is 3.11. The molecule has 6 heteroatoms. The van der Waals surface area contributed by atoms with Crippen LogP contribution in [-0.2, 0) is 9.53 Å². The molecule has 2 aliphatic heterocycles. The average molecular weight is 292 g/mol. The molecule has 21 heavy (non-hydrogen) atoms. The number of carboxylic acid groups (broad SMARTS) is 1. The van der Waals surface area contributed by atoms with Crippen molar-refractivity contribution in [2.24, 2.45) is 0 Å². The lowest BCUT2D eigenvalue weighted by Crippen LogP contribution is -2.47. The minimum absolute atomic E-state index is 0.0590. The molecule has 0 radical (unpaired) electrons. The molecule has 2 heterocycles. The van der Waals surface area contributed by atoms with Crippen LogP contribution in [0.1, 0.15) is 46.5 Å². The summed E-state index contributed by atoms with van der Waals surface area (Å²) < 4.78 is 5.42. The number of nitriles is 1. The minimum Gasteiger partial charge on any atom is -0.477 e. The maximum atomic E-state index is 12.3. The fraction of sp³-hybridized carbons (Fsp3) is 0.667. The van der Waals surface area contributed by atoms with Crippen molar-refractivity contribution in [1.82, 2.24) is 4.90 Å². The van der Waals surface area contributed by atoms with Crippen LogP contribution >= 0.6 is 0 Å². The highest BCUT2D eigenvalue weighted by molar-refractivity contribution is 5.92. The predicted octanol–water partition coefficient (Wildman–Crippen LogP) is 2.45. The Hall–Kier alpha value is -2.03. The van der Waals surface area contributed by atoms with E-state index in [9.17, 15) is 9.59 Å². The smallest absolute Gasteiger partial charge is 0.410 e. The molecule has 2 atom stereocenters. The summed E-state index contributed by atoms with van der Waals surface area (Å²) in [5.74, 6) is -1.18. The largest absolute Gasteiger partial charge is 0.477 e. The maximum absolute atomic E-state index is 12.3. The summed E-state index contributed by atoms with van der Waals surface area (Å²) in [7, 11) is 0. The summed E-state index contributed by atoms with van der Waals surface area (Å²) in [6, 6.07) is 1.65. The van der Waals surface area contributed by atoms with Crippen molar-refractivity contribution in [2.45, 2.75) is 64.1 Å². The number of hydrogen-bond acceptors (Lipinski definition) is 4. The second kappa shape index (κ2) is 5.40. The monoisotopic (exact) mass is 292 g/mol. The Morgan fingerprint density at radius 1 is 1.29 bits per heavy atom. The Morgan fingerprint density at radius 2 is 1.81 bits per heavy atom. The number of carbonyl (C=O) groups is 2. The Balaban J connectivity index is 2.19. The van der Waals surface area contributed by atoms with E-state index in [1.807, 2.05) is 20.8 Å². The zero-order chi connectivity index (χ0) is 15.8. The van der Waals surface area contributed by atoms with Crippen LogP contribution in [0.15, 0.2) is 11.1 Å². The number of fused-ring (bicyclic) bond motifs is 2. The third kappa shape index (κ3) is 3.18. The lowest BCUT2D eigenvalue weighted by atomic mass is 9.93. The molecule has 0 aliphatic carbocycles. The highest BCUT2D eigenvalue weighted by Gasteiger charge is 2.44. The third-order valence-electron chi connectivity index (χ3n) is 3.87. The number of carbonyl (C=O) groups excluding carboxylic acids is 1. The zero-order valence-corrected chi connectivity index (χ0v) is 12.5. The molecular formula is C15H20N2O4. The highest BCUT2D eigenvalue weighted by atomic mass is 16.6. The standard InChI is InChI=1S/C15H20N2O4/c1-15(2,3)21-14(20)17-10-4-5-11(17)7-9(6-10)12(8-16)13(18)19/h10-11H,4-7H2,1-3H3,(H,18,19). The van der Waals surface area contributed by atoms with Gasteiger partial charge in [-0.25, -0.2) is 9.59 Å². The first-order valence-corrected chi connectivity index (χ1v) is 7.09. The van der Waals surface area contributed by atoms with Gasteiger partial charge in [-0.1, -0.05) is 0 Å². The molecular weight excluding hydrogens is 272 g/mol. The van der Waals surface area contributed by atoms with Crippen molar-refractivity contribution in [3.05, 3.63) is 11.1 Å². The van der Waals surface area contributed by atoms with Crippen LogP contribution in [0.3, 0.4) is 0 Å². The van der Waals surface area contributed by atoms with Gasteiger partial charge in [-0.3, -0.25) is 0 Å². The summed E-state index contributed by atoms with van der Waals surface area (Å²) in [6.07, 6.45) is 2.20. The molecule has 2 fully saturated rings. The van der Waals surface area contributed by atoms with E-state index in [4.69, 9.17) is 15.1 Å². The lowest BCUT2D eigenvalue weighted by molar-refractivity contribution is -0.132. The second-order valence-electron chi connectivity index (χ2n) is 6.58. The van der Waals surface area contributed by atoms with Crippen LogP contribution in [0.4, 0.5) is 4.79 Å². The van der Waals surface area contributed by atoms with Gasteiger partial charge in [0.1, 0.15) is 17.2 Å². The van der Waals surface area contributed by atoms with Crippen molar-refractivity contribution < 1.29 is 19.4 Å². The molecule has 0 saturated carbocycles. The molecule has 1 amide bonds. The van der Waals surface area contributed by atoms with E-state index in [1.54, 1.807) is 11.0 Å². The van der Waals surface area contributed by atoms with Gasteiger partial charge in [0.05, 0.1) is 0 Å². The van der Waals surface area contributed by atoms with Crippen molar-refractivity contribution in [3.63, 3.8) is 0 Å². The van der Waals surface area contributed by atoms with E-state index in [-0.39, 0.29) is 23.8 Å². The van der Waals surface area contributed by atoms with Crippen LogP contribution in [0.25, 0.3) is 0 Å². The number of nitrogens with zero attached hydrogens (tertiary/aromatic N) is 2. The highest BCUT2D eigenvalue weighted by Crippen LogP contribution is 2.40. The first-order chi connectivity index (χ1) is 9.73. The molecule has 2 unspecified atom stereocenters. The van der Waals surface area contributed by atoms with Crippen LogP contribution in [0.2, 0.25) is 0 Å². The van der Waals surface area contributed by atoms with E-state index in [2.05, 4.69) is 0 Å². The number of aliphatic carboxylic acids is 1. The first kappa shape index (κ1) is 15.4. The van der Waals surface area contributed by atoms with Crippen molar-refractivity contribution >= 4 is 12.1 Å². The van der Waals surface area contributed by atoms with Gasteiger partial charge < -0.3 is 14.7 Å². The van der Waals surface area contributed by atoms with Gasteiger partial charge in [-0.05, 0) is 52.0 Å². The SMILES string of the molecule is CC(C)(C)OC(=O)N1C2CCC1CC(=C(C#N)C(=O)O)C2. The molecule has 114 valence electrons. The number of ether oxygens (including phenoxy) is 1. The van der Waals surface area contributed by atoms with Gasteiger partial charge >= 0.3 is 12.1 Å². The summed E-state index contributed by atoms with van der Waals surface area (Å²) in [5.41, 5.74) is -0.0704. The normalized spacial score (nSPS) is 24.5. The number of carboxylic acids is 1. The molecule has 2 aliphatic rings. The van der Waals surface area contributed by atoms with Gasteiger partial charge in [0.15, 0.2) is 0 Å². The quantitative estimate of drug-likeness (QED) is 0.592. The molecule has 0 aromatic heterocycles. The average Bonchev–Trinajstić information content (AvgIpc) is 2.59. The Morgan fingerprint density at radius 3 is 2.19 bits per heavy atom. The van der Waals surface area contributed by atoms with E-state index in [0.29, 0.717) is 18.4 Å². The van der Waals surface area contributed by atoms with Crippen molar-refractivity contribution in [3.8, 4) is 6.07 Å². The van der Waals surface area contributed by atoms with Gasteiger partial charge in [0, 0.05) is 12.1 Å². The molecule has 1 N–H and O–H groups in total. The van der Waals surface area contributed by atoms with Crippen molar-refractivity contribution in [1.29, 1.82) is 5.26 Å². The number of amides is 1. The Kier molecular flexibility index (Phi) is 3.95. The van der Waals surface area contributed by atoms with E-state index in [0.717, 1.165) is 12.8 Å². The molecule has 0 aromatic rings. The topological polar surface area (TPSA) is 90.6 Å². The van der Waals surface area contributed by atoms with Crippen LogP contribution in [-0.4, -0.2) is 39.8 Å². The Labute approximate surface area is 124 Å². The molecule has 2 saturated heterocycles. The fourth-order valence-corrected chi connectivity index (χ4v) is 3.11. The predicted molar refractivity (Wildman–Crippen MR) is 74.4 cm³/mol. The summed E-state index contributed by atoms with van der Waals surface area (Å²) in [4.78, 5) is 25.1. The van der Waals surface area contributed by atoms with Gasteiger partial charge in [-0.15, -0.1) is 0 Å². The maximum Gasteiger partial charge on any atom is 0.410 e. The molecule has 0 aromatic carbocycles. The second-order valence-corrected chi connectivity index (χ2v) is 6.58. The van der Waals surface area contributed by atoms with Crippen molar-refractivity contribution in [2.75, 3.05) is 0 Å². The van der Waals surface area contributed by atoms with E-state index >= 15 is 0 Å². The Bertz CT molecular complexity index is 523. The molecule has 0 spiro atoms. The van der Waals surface area contributed by atoms with E-state index < -0.39 is 11.6 Å². The molecule has 6 nitrogen and oxygen atoms in total. The first-order valence-electron chi connectivity index (χ1n) is 7.09.